The van der Waals surface area contributed by atoms with Gasteiger partial charge in [0.2, 0.25) is 0 Å². The smallest absolute Gasteiger partial charge is 0.167 e. The molecule has 0 unspecified atom stereocenters. The molecule has 4 heteroatoms. The molecule has 0 spiro atoms. The average molecular weight is 246 g/mol. The highest BCUT2D eigenvalue weighted by Crippen LogP contribution is 2.31. The first kappa shape index (κ1) is 12.5. The number of hydrogen-bond donors (Lipinski definition) is 1. The Morgan fingerprint density at radius 3 is 2.67 bits per heavy atom. The van der Waals surface area contributed by atoms with Crippen LogP contribution >= 0.6 is 0 Å². The van der Waals surface area contributed by atoms with Gasteiger partial charge in [0.05, 0.1) is 6.20 Å². The van der Waals surface area contributed by atoms with Gasteiger partial charge in [-0.15, -0.1) is 0 Å². The van der Waals surface area contributed by atoms with Crippen molar-refractivity contribution >= 4 is 0 Å². The third-order valence-electron chi connectivity index (χ3n) is 2.59. The lowest BCUT2D eigenvalue weighted by Crippen LogP contribution is -2.07. The summed E-state index contributed by atoms with van der Waals surface area (Å²) in [5.74, 6) is 0.233. The van der Waals surface area contributed by atoms with Gasteiger partial charge in [0.1, 0.15) is 5.75 Å². The van der Waals surface area contributed by atoms with Gasteiger partial charge in [-0.3, -0.25) is 4.98 Å². The van der Waals surface area contributed by atoms with E-state index in [-0.39, 0.29) is 11.8 Å². The first-order valence-corrected chi connectivity index (χ1v) is 5.72. The SMILES string of the molecule is Cc1ccc(Oc2c(F)cccc2[C@H](C)N)cn1. The largest absolute Gasteiger partial charge is 0.452 e. The molecule has 0 saturated carbocycles. The fourth-order valence-electron chi connectivity index (χ4n) is 1.62. The lowest BCUT2D eigenvalue weighted by atomic mass is 10.1. The number of halogens is 1. The molecular formula is C14H15FN2O. The van der Waals surface area contributed by atoms with Gasteiger partial charge in [0.25, 0.3) is 0 Å². The summed E-state index contributed by atoms with van der Waals surface area (Å²) in [5, 5.41) is 0. The van der Waals surface area contributed by atoms with Crippen LogP contribution in [0.1, 0.15) is 24.2 Å². The third-order valence-corrected chi connectivity index (χ3v) is 2.59. The molecule has 94 valence electrons. The van der Waals surface area contributed by atoms with Crippen LogP contribution in [0.3, 0.4) is 0 Å². The maximum atomic E-state index is 13.8. The molecule has 1 atom stereocenters. The van der Waals surface area contributed by atoms with Crippen LogP contribution in [0.15, 0.2) is 36.5 Å². The summed E-state index contributed by atoms with van der Waals surface area (Å²) in [6.45, 7) is 3.66. The predicted molar refractivity (Wildman–Crippen MR) is 68.1 cm³/mol. The molecule has 0 amide bonds. The number of ether oxygens (including phenoxy) is 1. The van der Waals surface area contributed by atoms with E-state index in [1.807, 2.05) is 13.0 Å². The molecule has 0 aliphatic carbocycles. The van der Waals surface area contributed by atoms with Gasteiger partial charge < -0.3 is 10.5 Å². The number of aryl methyl sites for hydroxylation is 1. The Hall–Kier alpha value is -1.94. The van der Waals surface area contributed by atoms with E-state index in [1.165, 1.54) is 6.07 Å². The fourth-order valence-corrected chi connectivity index (χ4v) is 1.62. The molecule has 2 aromatic rings. The minimum absolute atomic E-state index is 0.165. The number of nitrogens with zero attached hydrogens (tertiary/aromatic N) is 1. The highest BCUT2D eigenvalue weighted by molar-refractivity contribution is 5.40. The summed E-state index contributed by atoms with van der Waals surface area (Å²) in [6.07, 6.45) is 1.56. The van der Waals surface area contributed by atoms with Crippen molar-refractivity contribution in [3.8, 4) is 11.5 Å². The Bertz CT molecular complexity index is 538. The topological polar surface area (TPSA) is 48.1 Å². The van der Waals surface area contributed by atoms with Crippen LogP contribution < -0.4 is 10.5 Å². The summed E-state index contributed by atoms with van der Waals surface area (Å²) in [7, 11) is 0. The maximum Gasteiger partial charge on any atom is 0.167 e. The minimum atomic E-state index is -0.426. The van der Waals surface area contributed by atoms with Gasteiger partial charge in [0.15, 0.2) is 11.6 Å². The van der Waals surface area contributed by atoms with E-state index in [2.05, 4.69) is 4.98 Å². The van der Waals surface area contributed by atoms with Gasteiger partial charge in [-0.2, -0.15) is 0 Å². The number of aromatic nitrogens is 1. The maximum absolute atomic E-state index is 13.8. The van der Waals surface area contributed by atoms with Crippen LogP contribution in [0.2, 0.25) is 0 Å². The second kappa shape index (κ2) is 5.14. The summed E-state index contributed by atoms with van der Waals surface area (Å²) in [5.41, 5.74) is 7.31. The van der Waals surface area contributed by atoms with Gasteiger partial charge in [-0.1, -0.05) is 12.1 Å². The number of nitrogens with two attached hydrogens (primary N) is 1. The van der Waals surface area contributed by atoms with Crippen LogP contribution in [0.5, 0.6) is 11.5 Å². The van der Waals surface area contributed by atoms with Gasteiger partial charge in [0, 0.05) is 17.3 Å². The highest BCUT2D eigenvalue weighted by atomic mass is 19.1. The van der Waals surface area contributed by atoms with Crippen LogP contribution in [0.4, 0.5) is 4.39 Å². The zero-order chi connectivity index (χ0) is 13.1. The van der Waals surface area contributed by atoms with E-state index < -0.39 is 5.82 Å². The molecule has 2 rings (SSSR count). The third kappa shape index (κ3) is 2.65. The summed E-state index contributed by atoms with van der Waals surface area (Å²) in [6, 6.07) is 7.98. The zero-order valence-electron chi connectivity index (χ0n) is 10.4. The number of pyridine rings is 1. The Morgan fingerprint density at radius 2 is 2.06 bits per heavy atom. The molecule has 1 aromatic heterocycles. The van der Waals surface area contributed by atoms with E-state index >= 15 is 0 Å². The van der Waals surface area contributed by atoms with Crippen molar-refractivity contribution in [2.24, 2.45) is 5.73 Å². The van der Waals surface area contributed by atoms with Crippen molar-refractivity contribution in [2.45, 2.75) is 19.9 Å². The quantitative estimate of drug-likeness (QED) is 0.903. The first-order chi connectivity index (χ1) is 8.58. The van der Waals surface area contributed by atoms with Crippen molar-refractivity contribution in [1.82, 2.24) is 4.98 Å². The highest BCUT2D eigenvalue weighted by Gasteiger charge is 2.13. The summed E-state index contributed by atoms with van der Waals surface area (Å²) in [4.78, 5) is 4.10. The number of rotatable bonds is 3. The molecule has 3 nitrogen and oxygen atoms in total. The molecule has 1 heterocycles. The number of benzene rings is 1. The molecule has 1 aromatic carbocycles. The second-order valence-corrected chi connectivity index (χ2v) is 4.18. The molecule has 0 fully saturated rings. The van der Waals surface area contributed by atoms with E-state index in [0.29, 0.717) is 11.3 Å². The van der Waals surface area contributed by atoms with Crippen molar-refractivity contribution < 1.29 is 9.13 Å². The van der Waals surface area contributed by atoms with Crippen molar-refractivity contribution in [1.29, 1.82) is 0 Å². The summed E-state index contributed by atoms with van der Waals surface area (Å²) < 4.78 is 19.3. The van der Waals surface area contributed by atoms with Crippen molar-refractivity contribution in [2.75, 3.05) is 0 Å². The molecular weight excluding hydrogens is 231 g/mol. The van der Waals surface area contributed by atoms with E-state index in [9.17, 15) is 4.39 Å². The Labute approximate surface area is 105 Å². The van der Waals surface area contributed by atoms with Gasteiger partial charge in [-0.05, 0) is 32.0 Å². The van der Waals surface area contributed by atoms with Crippen LogP contribution in [0, 0.1) is 12.7 Å². The van der Waals surface area contributed by atoms with E-state index in [1.54, 1.807) is 31.3 Å². The Balaban J connectivity index is 2.36. The average Bonchev–Trinajstić information content (AvgIpc) is 2.34. The molecule has 0 aliphatic heterocycles. The molecule has 2 N–H and O–H groups in total. The Morgan fingerprint density at radius 1 is 1.28 bits per heavy atom. The lowest BCUT2D eigenvalue weighted by Gasteiger charge is -2.14. The molecule has 0 bridgehead atoms. The number of para-hydroxylation sites is 1. The van der Waals surface area contributed by atoms with Crippen LogP contribution in [0.25, 0.3) is 0 Å². The minimum Gasteiger partial charge on any atom is -0.452 e. The zero-order valence-corrected chi connectivity index (χ0v) is 10.4. The van der Waals surface area contributed by atoms with Crippen LogP contribution in [-0.2, 0) is 0 Å². The lowest BCUT2D eigenvalue weighted by molar-refractivity contribution is 0.431. The normalized spacial score (nSPS) is 12.2. The van der Waals surface area contributed by atoms with E-state index in [4.69, 9.17) is 10.5 Å². The monoisotopic (exact) mass is 246 g/mol. The molecule has 18 heavy (non-hydrogen) atoms. The molecule has 0 aliphatic rings. The second-order valence-electron chi connectivity index (χ2n) is 4.18. The van der Waals surface area contributed by atoms with Gasteiger partial charge >= 0.3 is 0 Å². The molecule has 0 saturated heterocycles. The Kier molecular flexibility index (Phi) is 3.58. The van der Waals surface area contributed by atoms with Crippen LogP contribution in [-0.4, -0.2) is 4.98 Å². The standard InChI is InChI=1S/C14H15FN2O/c1-9-6-7-11(8-17-9)18-14-12(10(2)16)4-3-5-13(14)15/h3-8,10H,16H2,1-2H3/t10-/m0/s1. The summed E-state index contributed by atoms with van der Waals surface area (Å²) >= 11 is 0. The van der Waals surface area contributed by atoms with Crippen molar-refractivity contribution in [3.05, 3.63) is 53.6 Å². The first-order valence-electron chi connectivity index (χ1n) is 5.72. The van der Waals surface area contributed by atoms with Gasteiger partial charge in [-0.25, -0.2) is 4.39 Å². The van der Waals surface area contributed by atoms with Crippen molar-refractivity contribution in [3.63, 3.8) is 0 Å². The molecule has 0 radical (unpaired) electrons. The van der Waals surface area contributed by atoms with E-state index in [0.717, 1.165) is 5.69 Å². The predicted octanol–water partition coefficient (Wildman–Crippen LogP) is 3.34. The number of hydrogen-bond acceptors (Lipinski definition) is 3. The fraction of sp³-hybridized carbons (Fsp3) is 0.214.